The van der Waals surface area contributed by atoms with E-state index < -0.39 is 24.4 Å². The Bertz CT molecular complexity index is 1310. The van der Waals surface area contributed by atoms with Gasteiger partial charge in [-0.1, -0.05) is 17.3 Å². The molecule has 0 saturated heterocycles. The lowest BCUT2D eigenvalue weighted by molar-refractivity contribution is -0.286. The van der Waals surface area contributed by atoms with Crippen LogP contribution in [0.1, 0.15) is 17.9 Å². The Morgan fingerprint density at radius 1 is 1.03 bits per heavy atom. The van der Waals surface area contributed by atoms with E-state index in [0.29, 0.717) is 0 Å². The van der Waals surface area contributed by atoms with Gasteiger partial charge in [-0.3, -0.25) is 0 Å². The van der Waals surface area contributed by atoms with Crippen LogP contribution in [0.15, 0.2) is 47.0 Å². The third-order valence-corrected chi connectivity index (χ3v) is 4.50. The largest absolute Gasteiger partial charge is 0.586 e. The molecule has 0 saturated carbocycles. The standard InChI is InChI=1S/C19H10F5N5O3/c20-12-6-9(17-26-27-18(30-17)16(21)22)4-5-10(12)7-29-8-13(25-28-29)11-2-1-3-14-15(11)32-19(23,24)31-14/h1-6,8,16H,7H2. The van der Waals surface area contributed by atoms with Gasteiger partial charge in [0.15, 0.2) is 11.5 Å². The van der Waals surface area contributed by atoms with Crippen LogP contribution in [0.4, 0.5) is 22.0 Å². The molecule has 0 amide bonds. The summed E-state index contributed by atoms with van der Waals surface area (Å²) in [5.41, 5.74) is 0.768. The molecule has 0 spiro atoms. The number of rotatable bonds is 5. The molecule has 5 rings (SSSR count). The summed E-state index contributed by atoms with van der Waals surface area (Å²) in [7, 11) is 0. The Balaban J connectivity index is 1.37. The van der Waals surface area contributed by atoms with E-state index in [4.69, 9.17) is 4.42 Å². The first-order valence-electron chi connectivity index (χ1n) is 8.99. The minimum absolute atomic E-state index is 0.0478. The number of benzene rings is 2. The molecular formula is C19H10F5N5O3. The monoisotopic (exact) mass is 451 g/mol. The Morgan fingerprint density at radius 3 is 2.62 bits per heavy atom. The Hall–Kier alpha value is -4.03. The van der Waals surface area contributed by atoms with Gasteiger partial charge in [0, 0.05) is 11.1 Å². The molecule has 3 heterocycles. The summed E-state index contributed by atoms with van der Waals surface area (Å²) >= 11 is 0. The van der Waals surface area contributed by atoms with Crippen LogP contribution >= 0.6 is 0 Å². The first-order valence-corrected chi connectivity index (χ1v) is 8.99. The maximum atomic E-state index is 14.6. The number of aromatic nitrogens is 5. The predicted octanol–water partition coefficient (Wildman–Crippen LogP) is 4.44. The maximum absolute atomic E-state index is 14.6. The zero-order chi connectivity index (χ0) is 22.5. The SMILES string of the molecule is Fc1cc(-c2nnc(C(F)F)o2)ccc1Cn1cc(-c2cccc3c2OC(F)(F)O3)nn1. The second kappa shape index (κ2) is 7.28. The summed E-state index contributed by atoms with van der Waals surface area (Å²) in [6.45, 7) is -0.0478. The molecule has 0 bridgehead atoms. The summed E-state index contributed by atoms with van der Waals surface area (Å²) in [5.74, 6) is -2.10. The molecular weight excluding hydrogens is 441 g/mol. The van der Waals surface area contributed by atoms with Crippen molar-refractivity contribution in [2.75, 3.05) is 0 Å². The third-order valence-electron chi connectivity index (χ3n) is 4.50. The first-order chi connectivity index (χ1) is 15.3. The maximum Gasteiger partial charge on any atom is 0.586 e. The molecule has 1 aliphatic rings. The lowest BCUT2D eigenvalue weighted by Crippen LogP contribution is -2.26. The summed E-state index contributed by atoms with van der Waals surface area (Å²) in [4.78, 5) is 0. The molecule has 164 valence electrons. The summed E-state index contributed by atoms with van der Waals surface area (Å²) in [5, 5.41) is 14.5. The Morgan fingerprint density at radius 2 is 1.88 bits per heavy atom. The zero-order valence-electron chi connectivity index (χ0n) is 15.7. The molecule has 0 aliphatic carbocycles. The Labute approximate surface area is 175 Å². The minimum Gasteiger partial charge on any atom is -0.415 e. The fourth-order valence-electron chi connectivity index (χ4n) is 3.09. The van der Waals surface area contributed by atoms with Crippen molar-refractivity contribution >= 4 is 0 Å². The van der Waals surface area contributed by atoms with Gasteiger partial charge in [0.05, 0.1) is 18.3 Å². The smallest absolute Gasteiger partial charge is 0.415 e. The Kier molecular flexibility index (Phi) is 4.53. The fraction of sp³-hybridized carbons (Fsp3) is 0.158. The number of halogens is 5. The van der Waals surface area contributed by atoms with Gasteiger partial charge in [0.2, 0.25) is 5.89 Å². The number of nitrogens with zero attached hydrogens (tertiary/aromatic N) is 5. The van der Waals surface area contributed by atoms with Gasteiger partial charge in [0.1, 0.15) is 11.5 Å². The van der Waals surface area contributed by atoms with Gasteiger partial charge in [-0.25, -0.2) is 9.07 Å². The van der Waals surface area contributed by atoms with Crippen molar-refractivity contribution in [2.45, 2.75) is 19.3 Å². The van der Waals surface area contributed by atoms with E-state index in [1.165, 1.54) is 41.2 Å². The van der Waals surface area contributed by atoms with E-state index in [0.717, 1.165) is 6.07 Å². The van der Waals surface area contributed by atoms with Crippen LogP contribution in [-0.4, -0.2) is 31.5 Å². The first kappa shape index (κ1) is 19.9. The van der Waals surface area contributed by atoms with E-state index >= 15 is 0 Å². The zero-order valence-corrected chi connectivity index (χ0v) is 15.7. The van der Waals surface area contributed by atoms with Crippen molar-refractivity contribution in [3.8, 4) is 34.2 Å². The molecule has 0 unspecified atom stereocenters. The van der Waals surface area contributed by atoms with Gasteiger partial charge < -0.3 is 13.9 Å². The molecule has 0 atom stereocenters. The van der Waals surface area contributed by atoms with Crippen LogP contribution in [-0.2, 0) is 6.54 Å². The highest BCUT2D eigenvalue weighted by molar-refractivity contribution is 5.71. The van der Waals surface area contributed by atoms with Crippen molar-refractivity contribution in [1.29, 1.82) is 0 Å². The van der Waals surface area contributed by atoms with E-state index in [-0.39, 0.29) is 46.3 Å². The predicted molar refractivity (Wildman–Crippen MR) is 95.4 cm³/mol. The molecule has 1 aliphatic heterocycles. The van der Waals surface area contributed by atoms with Gasteiger partial charge in [0.25, 0.3) is 5.89 Å². The molecule has 0 N–H and O–H groups in total. The van der Waals surface area contributed by atoms with Crippen LogP contribution in [0.3, 0.4) is 0 Å². The van der Waals surface area contributed by atoms with E-state index in [9.17, 15) is 22.0 Å². The highest BCUT2D eigenvalue weighted by atomic mass is 19.3. The number of alkyl halides is 4. The highest BCUT2D eigenvalue weighted by Crippen LogP contribution is 2.46. The normalized spacial score (nSPS) is 14.3. The van der Waals surface area contributed by atoms with Crippen LogP contribution in [0.5, 0.6) is 11.5 Å². The van der Waals surface area contributed by atoms with Gasteiger partial charge in [-0.05, 0) is 24.3 Å². The quantitative estimate of drug-likeness (QED) is 0.415. The lowest BCUT2D eigenvalue weighted by atomic mass is 10.1. The van der Waals surface area contributed by atoms with Crippen LogP contribution < -0.4 is 9.47 Å². The molecule has 8 nitrogen and oxygen atoms in total. The van der Waals surface area contributed by atoms with Crippen molar-refractivity contribution in [2.24, 2.45) is 0 Å². The van der Waals surface area contributed by atoms with Crippen molar-refractivity contribution < 1.29 is 35.8 Å². The minimum atomic E-state index is -3.78. The molecule has 2 aromatic heterocycles. The average Bonchev–Trinajstić information content (AvgIpc) is 3.46. The lowest BCUT2D eigenvalue weighted by Gasteiger charge is -2.05. The topological polar surface area (TPSA) is 88.1 Å². The molecule has 0 radical (unpaired) electrons. The number of hydrogen-bond donors (Lipinski definition) is 0. The number of ether oxygens (including phenoxy) is 2. The number of hydrogen-bond acceptors (Lipinski definition) is 7. The van der Waals surface area contributed by atoms with E-state index in [2.05, 4.69) is 30.0 Å². The van der Waals surface area contributed by atoms with Crippen LogP contribution in [0.2, 0.25) is 0 Å². The van der Waals surface area contributed by atoms with Crippen molar-refractivity contribution in [3.63, 3.8) is 0 Å². The fourth-order valence-corrected chi connectivity index (χ4v) is 3.09. The molecule has 0 fully saturated rings. The molecule has 32 heavy (non-hydrogen) atoms. The number of fused-ring (bicyclic) bond motifs is 1. The van der Waals surface area contributed by atoms with Crippen LogP contribution in [0.25, 0.3) is 22.7 Å². The molecule has 2 aromatic carbocycles. The van der Waals surface area contributed by atoms with Crippen LogP contribution in [0, 0.1) is 5.82 Å². The van der Waals surface area contributed by atoms with E-state index in [1.54, 1.807) is 0 Å². The highest BCUT2D eigenvalue weighted by Gasteiger charge is 2.44. The average molecular weight is 451 g/mol. The number of para-hydroxylation sites is 1. The van der Waals surface area contributed by atoms with Gasteiger partial charge in [-0.15, -0.1) is 24.1 Å². The summed E-state index contributed by atoms with van der Waals surface area (Å²) < 4.78 is 81.6. The summed E-state index contributed by atoms with van der Waals surface area (Å²) in [6, 6.07) is 8.22. The van der Waals surface area contributed by atoms with E-state index in [1.807, 2.05) is 0 Å². The molecule has 4 aromatic rings. The van der Waals surface area contributed by atoms with Gasteiger partial charge in [-0.2, -0.15) is 8.78 Å². The summed E-state index contributed by atoms with van der Waals surface area (Å²) in [6.07, 6.45) is -5.29. The molecule has 13 heteroatoms. The van der Waals surface area contributed by atoms with Crippen molar-refractivity contribution in [3.05, 3.63) is 59.9 Å². The van der Waals surface area contributed by atoms with Gasteiger partial charge >= 0.3 is 12.7 Å². The third kappa shape index (κ3) is 3.61. The van der Waals surface area contributed by atoms with Crippen molar-refractivity contribution in [1.82, 2.24) is 25.2 Å². The second-order valence-corrected chi connectivity index (χ2v) is 6.65. The second-order valence-electron chi connectivity index (χ2n) is 6.65.